The van der Waals surface area contributed by atoms with Crippen LogP contribution in [0, 0.1) is 0 Å². The Labute approximate surface area is 103 Å². The Morgan fingerprint density at radius 1 is 0.882 bits per heavy atom. The van der Waals surface area contributed by atoms with Gasteiger partial charge in [-0.05, 0) is 48.2 Å². The van der Waals surface area contributed by atoms with Crippen molar-refractivity contribution in [2.24, 2.45) is 0 Å². The molecule has 2 aromatic carbocycles. The molecular formula is C16H20O. The first-order valence-corrected chi connectivity index (χ1v) is 6.27. The molecular weight excluding hydrogens is 208 g/mol. The molecule has 1 nitrogen and oxygen atoms in total. The van der Waals surface area contributed by atoms with Crippen LogP contribution in [0.4, 0.5) is 0 Å². The minimum absolute atomic E-state index is 0.216. The van der Waals surface area contributed by atoms with E-state index < -0.39 is 0 Å². The third-order valence-electron chi connectivity index (χ3n) is 2.86. The summed E-state index contributed by atoms with van der Waals surface area (Å²) >= 11 is 0. The van der Waals surface area contributed by atoms with Crippen molar-refractivity contribution in [1.29, 1.82) is 0 Å². The average molecular weight is 228 g/mol. The van der Waals surface area contributed by atoms with Crippen LogP contribution in [0.1, 0.15) is 39.2 Å². The molecule has 0 aliphatic rings. The van der Waals surface area contributed by atoms with Gasteiger partial charge in [0.25, 0.3) is 0 Å². The Kier molecular flexibility index (Phi) is 3.37. The van der Waals surface area contributed by atoms with Crippen molar-refractivity contribution >= 4 is 10.8 Å². The van der Waals surface area contributed by atoms with Gasteiger partial charge in [0, 0.05) is 0 Å². The maximum Gasteiger partial charge on any atom is 0.123 e. The van der Waals surface area contributed by atoms with E-state index in [1.165, 1.54) is 16.3 Å². The number of hydrogen-bond acceptors (Lipinski definition) is 1. The molecule has 0 spiro atoms. The fourth-order valence-electron chi connectivity index (χ4n) is 2.04. The fraction of sp³-hybridized carbons (Fsp3) is 0.375. The largest absolute Gasteiger partial charge is 0.491 e. The van der Waals surface area contributed by atoms with Gasteiger partial charge in [0.15, 0.2) is 0 Å². The summed E-state index contributed by atoms with van der Waals surface area (Å²) in [5.41, 5.74) is 1.29. The highest BCUT2D eigenvalue weighted by Crippen LogP contribution is 2.31. The van der Waals surface area contributed by atoms with Gasteiger partial charge in [-0.15, -0.1) is 0 Å². The maximum absolute atomic E-state index is 5.91. The van der Waals surface area contributed by atoms with Crippen LogP contribution in [0.2, 0.25) is 0 Å². The maximum atomic E-state index is 5.91. The summed E-state index contributed by atoms with van der Waals surface area (Å²) in [4.78, 5) is 0. The minimum Gasteiger partial charge on any atom is -0.491 e. The number of hydrogen-bond donors (Lipinski definition) is 0. The Bertz CT molecular complexity index is 512. The first kappa shape index (κ1) is 12.0. The second-order valence-corrected chi connectivity index (χ2v) is 5.06. The summed E-state index contributed by atoms with van der Waals surface area (Å²) in [5.74, 6) is 1.50. The minimum atomic E-state index is 0.216. The standard InChI is InChI=1S/C16H20O/c1-11(2)15-9-13-7-5-6-8-14(13)10-16(15)17-12(3)4/h5-12H,1-4H3. The number of benzene rings is 2. The van der Waals surface area contributed by atoms with Gasteiger partial charge in [0.2, 0.25) is 0 Å². The zero-order valence-electron chi connectivity index (χ0n) is 11.0. The van der Waals surface area contributed by atoms with Crippen molar-refractivity contribution in [2.45, 2.75) is 39.7 Å². The van der Waals surface area contributed by atoms with Crippen molar-refractivity contribution in [3.63, 3.8) is 0 Å². The molecule has 0 N–H and O–H groups in total. The molecule has 2 aromatic rings. The van der Waals surface area contributed by atoms with E-state index in [0.717, 1.165) is 5.75 Å². The van der Waals surface area contributed by atoms with Crippen LogP contribution in [0.15, 0.2) is 36.4 Å². The molecule has 17 heavy (non-hydrogen) atoms. The van der Waals surface area contributed by atoms with Gasteiger partial charge in [-0.25, -0.2) is 0 Å². The van der Waals surface area contributed by atoms with Crippen molar-refractivity contribution in [1.82, 2.24) is 0 Å². The van der Waals surface area contributed by atoms with Gasteiger partial charge in [-0.1, -0.05) is 38.1 Å². The summed E-state index contributed by atoms with van der Waals surface area (Å²) in [6, 6.07) is 12.8. The first-order chi connectivity index (χ1) is 8.08. The topological polar surface area (TPSA) is 9.23 Å². The van der Waals surface area contributed by atoms with E-state index in [4.69, 9.17) is 4.74 Å². The van der Waals surface area contributed by atoms with E-state index in [1.54, 1.807) is 0 Å². The van der Waals surface area contributed by atoms with Gasteiger partial charge in [0.1, 0.15) is 5.75 Å². The molecule has 0 saturated heterocycles. The number of fused-ring (bicyclic) bond motifs is 1. The van der Waals surface area contributed by atoms with Crippen molar-refractivity contribution in [2.75, 3.05) is 0 Å². The SMILES string of the molecule is CC(C)Oc1cc2ccccc2cc1C(C)C. The molecule has 0 radical (unpaired) electrons. The second-order valence-electron chi connectivity index (χ2n) is 5.06. The predicted molar refractivity (Wildman–Crippen MR) is 73.8 cm³/mol. The molecule has 0 bridgehead atoms. The lowest BCUT2D eigenvalue weighted by atomic mass is 9.98. The molecule has 0 heterocycles. The number of ether oxygens (including phenoxy) is 1. The van der Waals surface area contributed by atoms with Gasteiger partial charge < -0.3 is 4.74 Å². The summed E-state index contributed by atoms with van der Waals surface area (Å²) < 4.78 is 5.91. The van der Waals surface area contributed by atoms with Crippen LogP contribution < -0.4 is 4.74 Å². The molecule has 0 amide bonds. The summed E-state index contributed by atoms with van der Waals surface area (Å²) in [5, 5.41) is 2.53. The van der Waals surface area contributed by atoms with E-state index in [2.05, 4.69) is 64.1 Å². The predicted octanol–water partition coefficient (Wildman–Crippen LogP) is 4.75. The highest BCUT2D eigenvalue weighted by Gasteiger charge is 2.10. The molecule has 0 atom stereocenters. The molecule has 90 valence electrons. The van der Waals surface area contributed by atoms with Crippen LogP contribution in [-0.4, -0.2) is 6.10 Å². The van der Waals surface area contributed by atoms with Crippen molar-refractivity contribution < 1.29 is 4.74 Å². The molecule has 0 saturated carbocycles. The lowest BCUT2D eigenvalue weighted by molar-refractivity contribution is 0.239. The molecule has 0 aliphatic carbocycles. The first-order valence-electron chi connectivity index (χ1n) is 6.27. The molecule has 0 fully saturated rings. The Morgan fingerprint density at radius 2 is 1.47 bits per heavy atom. The highest BCUT2D eigenvalue weighted by molar-refractivity contribution is 5.85. The third kappa shape index (κ3) is 2.60. The monoisotopic (exact) mass is 228 g/mol. The van der Waals surface area contributed by atoms with E-state index in [1.807, 2.05) is 0 Å². The van der Waals surface area contributed by atoms with Crippen LogP contribution in [0.5, 0.6) is 5.75 Å². The van der Waals surface area contributed by atoms with E-state index in [9.17, 15) is 0 Å². The molecule has 1 heteroatoms. The molecule has 0 aromatic heterocycles. The molecule has 2 rings (SSSR count). The molecule has 0 aliphatic heterocycles. The quantitative estimate of drug-likeness (QED) is 0.736. The Morgan fingerprint density at radius 3 is 2.00 bits per heavy atom. The van der Waals surface area contributed by atoms with Crippen molar-refractivity contribution in [3.8, 4) is 5.75 Å². The van der Waals surface area contributed by atoms with Crippen LogP contribution in [-0.2, 0) is 0 Å². The fourth-order valence-corrected chi connectivity index (χ4v) is 2.04. The van der Waals surface area contributed by atoms with E-state index in [-0.39, 0.29) is 6.10 Å². The van der Waals surface area contributed by atoms with Gasteiger partial charge in [0.05, 0.1) is 6.10 Å². The zero-order valence-corrected chi connectivity index (χ0v) is 11.0. The van der Waals surface area contributed by atoms with Crippen LogP contribution >= 0.6 is 0 Å². The van der Waals surface area contributed by atoms with Gasteiger partial charge >= 0.3 is 0 Å². The van der Waals surface area contributed by atoms with E-state index >= 15 is 0 Å². The summed E-state index contributed by atoms with van der Waals surface area (Å²) in [6.45, 7) is 8.55. The van der Waals surface area contributed by atoms with Crippen LogP contribution in [0.3, 0.4) is 0 Å². The van der Waals surface area contributed by atoms with Gasteiger partial charge in [-0.2, -0.15) is 0 Å². The Balaban J connectivity index is 2.58. The second kappa shape index (κ2) is 4.79. The Hall–Kier alpha value is -1.50. The smallest absolute Gasteiger partial charge is 0.123 e. The molecule has 0 unspecified atom stereocenters. The van der Waals surface area contributed by atoms with Gasteiger partial charge in [-0.3, -0.25) is 0 Å². The highest BCUT2D eigenvalue weighted by atomic mass is 16.5. The normalized spacial score (nSPS) is 11.4. The lowest BCUT2D eigenvalue weighted by Crippen LogP contribution is -2.08. The lowest BCUT2D eigenvalue weighted by Gasteiger charge is -2.17. The van der Waals surface area contributed by atoms with Crippen molar-refractivity contribution in [3.05, 3.63) is 42.0 Å². The number of rotatable bonds is 3. The summed E-state index contributed by atoms with van der Waals surface area (Å²) in [6.07, 6.45) is 0.216. The average Bonchev–Trinajstić information content (AvgIpc) is 2.27. The zero-order chi connectivity index (χ0) is 12.4. The summed E-state index contributed by atoms with van der Waals surface area (Å²) in [7, 11) is 0. The third-order valence-corrected chi connectivity index (χ3v) is 2.86. The van der Waals surface area contributed by atoms with E-state index in [0.29, 0.717) is 5.92 Å². The van der Waals surface area contributed by atoms with Crippen LogP contribution in [0.25, 0.3) is 10.8 Å².